The Morgan fingerprint density at radius 3 is 1.81 bits per heavy atom. The minimum absolute atomic E-state index is 0.0509. The highest BCUT2D eigenvalue weighted by Gasteiger charge is 2.53. The molecule has 3 aromatic rings. The van der Waals surface area contributed by atoms with Crippen LogP contribution in [0.5, 0.6) is 23.0 Å². The average Bonchev–Trinajstić information content (AvgIpc) is 3.49. The molecule has 3 aromatic carbocycles. The van der Waals surface area contributed by atoms with Crippen molar-refractivity contribution < 1.29 is 105 Å². The van der Waals surface area contributed by atoms with Gasteiger partial charge in [0.25, 0.3) is 0 Å². The van der Waals surface area contributed by atoms with E-state index in [1.54, 1.807) is 0 Å². The van der Waals surface area contributed by atoms with E-state index in [4.69, 9.17) is 70.8 Å². The number of benzene rings is 3. The molecule has 442 valence electrons. The second-order valence-corrected chi connectivity index (χ2v) is 28.7. The molecule has 0 aliphatic carbocycles. The van der Waals surface area contributed by atoms with Crippen LogP contribution >= 0.6 is 0 Å². The molecule has 1 saturated heterocycles. The Kier molecular flexibility index (Phi) is 26.2. The molecule has 0 bridgehead atoms. The predicted molar refractivity (Wildman–Crippen MR) is 284 cm³/mol. The van der Waals surface area contributed by atoms with Gasteiger partial charge in [-0.05, 0) is 65.5 Å². The summed E-state index contributed by atoms with van der Waals surface area (Å²) in [6.45, 7) is 4.75. The third-order valence-electron chi connectivity index (χ3n) is 10.6. The number of ether oxygens (including phenoxy) is 10. The number of nitrogens with zero attached hydrogens (tertiary/aromatic N) is 3. The predicted octanol–water partition coefficient (Wildman–Crippen LogP) is 4.43. The van der Waals surface area contributed by atoms with Gasteiger partial charge < -0.3 is 55.7 Å². The van der Waals surface area contributed by atoms with E-state index < -0.39 is 138 Å². The second kappa shape index (κ2) is 31.6. The van der Waals surface area contributed by atoms with Gasteiger partial charge in [0.2, 0.25) is 30.1 Å². The van der Waals surface area contributed by atoms with Gasteiger partial charge in [0.1, 0.15) is 30.8 Å². The first-order chi connectivity index (χ1) is 37.7. The first kappa shape index (κ1) is 66.2. The standard InChI is InChI=1S/C47H61N5O23S5/c1-30(53)67-27-43-44(69-31(2)54)45(70-32(3)55)46(71-33(4)56)47(73-43)72-41-16-12-36(39(57)8-7-18-64-20-22-66-23-21-65-19-17-51-52-48)25-42(41)75-80(62,63)74-38-13-9-34(10-14-38)26-68-40-15-11-35(28-78(58,59)76(5)49)24-37(40)29-79(60,61)77(6)50/h9-16,24-25,43-47,49-50H,7-8,17-23,26-29H2,1-6H3/t43-,44+,45+,46-,47?,76?,77?/m0/s1. The van der Waals surface area contributed by atoms with Crippen LogP contribution < -0.4 is 17.8 Å². The lowest BCUT2D eigenvalue weighted by Gasteiger charge is -2.43. The van der Waals surface area contributed by atoms with E-state index in [1.165, 1.54) is 61.0 Å². The fourth-order valence-electron chi connectivity index (χ4n) is 7.02. The monoisotopic (exact) mass is 1220 g/mol. The third kappa shape index (κ3) is 22.3. The van der Waals surface area contributed by atoms with Gasteiger partial charge in [-0.2, -0.15) is 0 Å². The third-order valence-corrected chi connectivity index (χ3v) is 19.5. The zero-order chi connectivity index (χ0) is 59.2. The molecule has 80 heavy (non-hydrogen) atoms. The van der Waals surface area contributed by atoms with Crippen LogP contribution in [-0.4, -0.2) is 151 Å². The van der Waals surface area contributed by atoms with Crippen LogP contribution in [0.1, 0.15) is 67.6 Å². The Hall–Kier alpha value is -6.29. The van der Waals surface area contributed by atoms with Gasteiger partial charge >= 0.3 is 34.3 Å². The van der Waals surface area contributed by atoms with E-state index in [0.717, 1.165) is 39.8 Å². The lowest BCUT2D eigenvalue weighted by atomic mass is 9.98. The molecule has 1 aliphatic rings. The maximum atomic E-state index is 13.8. The van der Waals surface area contributed by atoms with Crippen LogP contribution in [0, 0.1) is 9.56 Å². The molecule has 4 rings (SSSR count). The Labute approximate surface area is 465 Å². The van der Waals surface area contributed by atoms with Crippen LogP contribution in [0.2, 0.25) is 0 Å². The first-order valence-corrected chi connectivity index (χ1v) is 32.7. The van der Waals surface area contributed by atoms with E-state index in [2.05, 4.69) is 10.0 Å². The van der Waals surface area contributed by atoms with Crippen molar-refractivity contribution in [1.29, 1.82) is 9.56 Å². The summed E-state index contributed by atoms with van der Waals surface area (Å²) in [5.41, 5.74) is 8.91. The van der Waals surface area contributed by atoms with Crippen LogP contribution in [0.25, 0.3) is 10.4 Å². The van der Waals surface area contributed by atoms with Gasteiger partial charge in [-0.3, -0.25) is 33.5 Å². The molecular formula is C47H61N5O23S5. The molecule has 0 radical (unpaired) electrons. The van der Waals surface area contributed by atoms with E-state index in [-0.39, 0.29) is 93.8 Å². The summed E-state index contributed by atoms with van der Waals surface area (Å²) in [4.78, 5) is 65.4. The molecule has 1 fully saturated rings. The minimum atomic E-state index is -5.18. The first-order valence-electron chi connectivity index (χ1n) is 23.8. The maximum absolute atomic E-state index is 13.8. The van der Waals surface area contributed by atoms with E-state index in [1.807, 2.05) is 0 Å². The number of Topliss-reactive ketones (excluding diaryl/α,β-unsaturated/α-hetero) is 1. The molecule has 33 heteroatoms. The van der Waals surface area contributed by atoms with Crippen LogP contribution in [0.4, 0.5) is 0 Å². The van der Waals surface area contributed by atoms with Crippen LogP contribution in [0.3, 0.4) is 0 Å². The molecule has 28 nitrogen and oxygen atoms in total. The summed E-state index contributed by atoms with van der Waals surface area (Å²) in [6.07, 6.45) is -5.83. The summed E-state index contributed by atoms with van der Waals surface area (Å²) >= 11 is 0. The zero-order valence-corrected chi connectivity index (χ0v) is 48.2. The minimum Gasteiger partial charge on any atom is -0.489 e. The lowest BCUT2D eigenvalue weighted by Crippen LogP contribution is -2.63. The van der Waals surface area contributed by atoms with Crippen molar-refractivity contribution >= 4 is 77.2 Å². The molecule has 1 aliphatic heterocycles. The number of nitrogens with one attached hydrogen (secondary N) is 2. The van der Waals surface area contributed by atoms with Gasteiger partial charge in [0.05, 0.1) is 44.5 Å². The van der Waals surface area contributed by atoms with Crippen molar-refractivity contribution in [3.63, 3.8) is 0 Å². The average molecular weight is 1220 g/mol. The number of ketones is 1. The Bertz CT molecular complexity index is 3100. The zero-order valence-electron chi connectivity index (χ0n) is 44.1. The summed E-state index contributed by atoms with van der Waals surface area (Å²) < 4.78 is 160. The van der Waals surface area contributed by atoms with Crippen molar-refractivity contribution in [1.82, 2.24) is 0 Å². The highest BCUT2D eigenvalue weighted by molar-refractivity contribution is 8.64. The summed E-state index contributed by atoms with van der Waals surface area (Å²) in [7, 11) is -16.6. The van der Waals surface area contributed by atoms with Crippen molar-refractivity contribution in [3.8, 4) is 23.0 Å². The van der Waals surface area contributed by atoms with E-state index >= 15 is 0 Å². The maximum Gasteiger partial charge on any atom is 0.501 e. The van der Waals surface area contributed by atoms with Crippen molar-refractivity contribution in [2.24, 2.45) is 5.11 Å². The van der Waals surface area contributed by atoms with Gasteiger partial charge in [0, 0.05) is 95.3 Å². The second-order valence-electron chi connectivity index (χ2n) is 16.9. The highest BCUT2D eigenvalue weighted by atomic mass is 33.2. The van der Waals surface area contributed by atoms with Gasteiger partial charge in [0.15, 0.2) is 29.5 Å². The molecule has 1 heterocycles. The number of carbonyl (C=O) groups excluding carboxylic acids is 5. The molecule has 0 saturated carbocycles. The smallest absolute Gasteiger partial charge is 0.489 e. The molecule has 0 aromatic heterocycles. The van der Waals surface area contributed by atoms with Crippen molar-refractivity contribution in [2.45, 2.75) is 89.4 Å². The molecular weight excluding hydrogens is 1160 g/mol. The van der Waals surface area contributed by atoms with Crippen LogP contribution in [-0.2, 0) is 123 Å². The summed E-state index contributed by atoms with van der Waals surface area (Å²) in [6, 6.07) is 12.7. The Morgan fingerprint density at radius 2 is 1.21 bits per heavy atom. The number of carbonyl (C=O) groups is 5. The normalized spacial score (nSPS) is 18.1. The number of azide groups is 1. The largest absolute Gasteiger partial charge is 0.501 e. The Morgan fingerprint density at radius 1 is 0.650 bits per heavy atom. The fraction of sp³-hybridized carbons (Fsp3) is 0.511. The van der Waals surface area contributed by atoms with E-state index in [0.29, 0.717) is 5.56 Å². The molecule has 0 spiro atoms. The van der Waals surface area contributed by atoms with Crippen LogP contribution in [0.15, 0.2) is 65.8 Å². The van der Waals surface area contributed by atoms with Crippen molar-refractivity contribution in [3.05, 3.63) is 93.4 Å². The topological polar surface area (TPSA) is 395 Å². The summed E-state index contributed by atoms with van der Waals surface area (Å²) in [5.74, 6) is -6.72. The van der Waals surface area contributed by atoms with Crippen molar-refractivity contribution in [2.75, 3.05) is 65.3 Å². The molecule has 7 atom stereocenters. The molecule has 2 N–H and O–H groups in total. The number of esters is 4. The highest BCUT2D eigenvalue weighted by Crippen LogP contribution is 2.37. The number of rotatable bonds is 34. The van der Waals surface area contributed by atoms with Gasteiger partial charge in [-0.1, -0.05) is 23.3 Å². The lowest BCUT2D eigenvalue weighted by molar-refractivity contribution is -0.288. The SMILES string of the molecule is CC(=O)OC[C@@H]1OC(Oc2ccc(C(=O)CCCOCCOCCOCCN=[N+]=[N-])cc2OS(=O)(=O)Oc2ccc(COc3ccc(CS(=O)(=O)S(C)=N)cc3CS(=O)(=O)S(C)=N)cc2)[C@@H](OC(C)=O)[C@H](OC(C)=O)[C@@H]1OC(C)=O. The quantitative estimate of drug-likeness (QED) is 0.0122. The number of hydrogen-bond donors (Lipinski definition) is 2. The molecule has 3 unspecified atom stereocenters. The van der Waals surface area contributed by atoms with Gasteiger partial charge in [-0.15, -0.1) is 8.42 Å². The summed E-state index contributed by atoms with van der Waals surface area (Å²) in [5, 5.41) is 3.36. The number of hydrogen-bond acceptors (Lipinski definition) is 26. The van der Waals surface area contributed by atoms with E-state index in [9.17, 15) is 49.2 Å². The fourth-order valence-corrected chi connectivity index (χ4v) is 11.1. The van der Waals surface area contributed by atoms with Gasteiger partial charge in [-0.25, -0.2) is 16.8 Å². The molecule has 0 amide bonds. The Balaban J connectivity index is 1.60.